The Morgan fingerprint density at radius 3 is 3.00 bits per heavy atom. The summed E-state index contributed by atoms with van der Waals surface area (Å²) in [4.78, 5) is 0. The van der Waals surface area contributed by atoms with Gasteiger partial charge in [-0.25, -0.2) is 0 Å². The molecule has 0 aromatic carbocycles. The number of rotatable bonds is 6. The molecular formula is C13H19N3O. The fourth-order valence-corrected chi connectivity index (χ4v) is 1.77. The maximum atomic E-state index is 5.49. The Kier molecular flexibility index (Phi) is 3.98. The van der Waals surface area contributed by atoms with E-state index < -0.39 is 0 Å². The van der Waals surface area contributed by atoms with E-state index in [2.05, 4.69) is 17.3 Å². The van der Waals surface area contributed by atoms with Crippen molar-refractivity contribution in [3.63, 3.8) is 0 Å². The third-order valence-electron chi connectivity index (χ3n) is 2.66. The monoisotopic (exact) mass is 233 g/mol. The molecule has 0 aliphatic heterocycles. The molecule has 1 N–H and O–H groups in total. The molecule has 0 atom stereocenters. The predicted octanol–water partition coefficient (Wildman–Crippen LogP) is 2.33. The van der Waals surface area contributed by atoms with Gasteiger partial charge >= 0.3 is 0 Å². The summed E-state index contributed by atoms with van der Waals surface area (Å²) in [5.74, 6) is 1.01. The number of furan rings is 1. The molecule has 0 spiro atoms. The van der Waals surface area contributed by atoms with Crippen LogP contribution in [0, 0.1) is 6.92 Å². The Hall–Kier alpha value is -1.55. The molecule has 0 unspecified atom stereocenters. The van der Waals surface area contributed by atoms with Crippen molar-refractivity contribution in [1.29, 1.82) is 0 Å². The molecule has 2 rings (SSSR count). The summed E-state index contributed by atoms with van der Waals surface area (Å²) >= 11 is 0. The van der Waals surface area contributed by atoms with Gasteiger partial charge < -0.3 is 9.73 Å². The third kappa shape index (κ3) is 3.20. The smallest absolute Gasteiger partial charge is 0.122 e. The number of nitrogens with one attached hydrogen (secondary N) is 1. The van der Waals surface area contributed by atoms with Crippen molar-refractivity contribution >= 4 is 0 Å². The van der Waals surface area contributed by atoms with E-state index in [1.807, 2.05) is 29.9 Å². The molecule has 0 aliphatic carbocycles. The first-order valence-electron chi connectivity index (χ1n) is 6.05. The van der Waals surface area contributed by atoms with Crippen molar-refractivity contribution in [3.05, 3.63) is 41.6 Å². The van der Waals surface area contributed by atoms with Crippen LogP contribution in [-0.2, 0) is 13.1 Å². The molecule has 4 nitrogen and oxygen atoms in total. The van der Waals surface area contributed by atoms with Crippen LogP contribution >= 0.6 is 0 Å². The van der Waals surface area contributed by atoms with Gasteiger partial charge in [-0.2, -0.15) is 5.10 Å². The average Bonchev–Trinajstić information content (AvgIpc) is 2.90. The molecule has 0 aliphatic rings. The molecule has 4 heteroatoms. The molecule has 0 saturated carbocycles. The summed E-state index contributed by atoms with van der Waals surface area (Å²) in [5, 5.41) is 7.72. The zero-order valence-electron chi connectivity index (χ0n) is 10.4. The highest BCUT2D eigenvalue weighted by Crippen LogP contribution is 2.12. The number of hydrogen-bond donors (Lipinski definition) is 1. The van der Waals surface area contributed by atoms with Crippen LogP contribution in [0.5, 0.6) is 0 Å². The first-order valence-corrected chi connectivity index (χ1v) is 6.05. The van der Waals surface area contributed by atoms with Crippen LogP contribution in [0.2, 0.25) is 0 Å². The van der Waals surface area contributed by atoms with Gasteiger partial charge in [0.15, 0.2) is 0 Å². The fourth-order valence-electron chi connectivity index (χ4n) is 1.77. The van der Waals surface area contributed by atoms with Crippen molar-refractivity contribution in [2.75, 3.05) is 6.54 Å². The van der Waals surface area contributed by atoms with Crippen LogP contribution in [0.3, 0.4) is 0 Å². The van der Waals surface area contributed by atoms with E-state index in [0.29, 0.717) is 0 Å². The second kappa shape index (κ2) is 5.68. The minimum Gasteiger partial charge on any atom is -0.468 e. The van der Waals surface area contributed by atoms with Crippen LogP contribution in [0.25, 0.3) is 0 Å². The van der Waals surface area contributed by atoms with Crippen LogP contribution in [0.15, 0.2) is 29.0 Å². The molecule has 2 aromatic rings. The van der Waals surface area contributed by atoms with Crippen molar-refractivity contribution in [3.8, 4) is 0 Å². The molecule has 0 fully saturated rings. The van der Waals surface area contributed by atoms with Crippen LogP contribution < -0.4 is 5.32 Å². The first kappa shape index (κ1) is 11.9. The predicted molar refractivity (Wildman–Crippen MR) is 66.8 cm³/mol. The van der Waals surface area contributed by atoms with E-state index in [9.17, 15) is 0 Å². The van der Waals surface area contributed by atoms with Gasteiger partial charge in [0.2, 0.25) is 0 Å². The zero-order valence-corrected chi connectivity index (χ0v) is 10.4. The summed E-state index contributed by atoms with van der Waals surface area (Å²) < 4.78 is 7.42. The lowest BCUT2D eigenvalue weighted by atomic mass is 10.2. The van der Waals surface area contributed by atoms with Gasteiger partial charge in [-0.15, -0.1) is 0 Å². The van der Waals surface area contributed by atoms with Crippen molar-refractivity contribution < 1.29 is 4.42 Å². The molecule has 0 amide bonds. The van der Waals surface area contributed by atoms with E-state index in [1.54, 1.807) is 6.26 Å². The molecule has 0 radical (unpaired) electrons. The summed E-state index contributed by atoms with van der Waals surface area (Å²) in [7, 11) is 0. The lowest BCUT2D eigenvalue weighted by Crippen LogP contribution is -2.15. The molecule has 0 saturated heterocycles. The van der Waals surface area contributed by atoms with Gasteiger partial charge in [0, 0.05) is 11.8 Å². The number of nitrogens with zero attached hydrogens (tertiary/aromatic N) is 2. The number of aromatic nitrogens is 2. The van der Waals surface area contributed by atoms with Crippen molar-refractivity contribution in [1.82, 2.24) is 15.1 Å². The number of hydrogen-bond acceptors (Lipinski definition) is 3. The van der Waals surface area contributed by atoms with E-state index in [1.165, 1.54) is 5.56 Å². The summed E-state index contributed by atoms with van der Waals surface area (Å²) in [6.07, 6.45) is 4.87. The largest absolute Gasteiger partial charge is 0.468 e. The van der Waals surface area contributed by atoms with Gasteiger partial charge in [0.25, 0.3) is 0 Å². The second-order valence-corrected chi connectivity index (χ2v) is 4.20. The minimum atomic E-state index is 0.771. The second-order valence-electron chi connectivity index (χ2n) is 4.20. The van der Waals surface area contributed by atoms with Gasteiger partial charge in [0.1, 0.15) is 5.76 Å². The van der Waals surface area contributed by atoms with Crippen LogP contribution in [0.4, 0.5) is 0 Å². The highest BCUT2D eigenvalue weighted by atomic mass is 16.3. The molecule has 92 valence electrons. The van der Waals surface area contributed by atoms with Gasteiger partial charge in [-0.3, -0.25) is 4.68 Å². The van der Waals surface area contributed by atoms with Crippen molar-refractivity contribution in [2.24, 2.45) is 0 Å². The van der Waals surface area contributed by atoms with Gasteiger partial charge in [0.05, 0.1) is 25.0 Å². The van der Waals surface area contributed by atoms with E-state index in [0.717, 1.165) is 37.5 Å². The Morgan fingerprint density at radius 1 is 1.41 bits per heavy atom. The van der Waals surface area contributed by atoms with Crippen LogP contribution in [-0.4, -0.2) is 16.3 Å². The standard InChI is InChI=1S/C13H19N3O/c1-3-6-14-9-13-12(5-8-17-13)10-16-7-4-11(2)15-16/h4-5,7-8,14H,3,6,9-10H2,1-2H3. The van der Waals surface area contributed by atoms with Gasteiger partial charge in [-0.05, 0) is 32.0 Å². The highest BCUT2D eigenvalue weighted by Gasteiger charge is 2.06. The maximum Gasteiger partial charge on any atom is 0.122 e. The molecule has 17 heavy (non-hydrogen) atoms. The lowest BCUT2D eigenvalue weighted by molar-refractivity contribution is 0.475. The first-order chi connectivity index (χ1) is 8.29. The SMILES string of the molecule is CCCNCc1occc1Cn1ccc(C)n1. The lowest BCUT2D eigenvalue weighted by Gasteiger charge is -2.04. The summed E-state index contributed by atoms with van der Waals surface area (Å²) in [6, 6.07) is 4.02. The van der Waals surface area contributed by atoms with Crippen molar-refractivity contribution in [2.45, 2.75) is 33.4 Å². The third-order valence-corrected chi connectivity index (χ3v) is 2.66. The highest BCUT2D eigenvalue weighted by molar-refractivity contribution is 5.17. The maximum absolute atomic E-state index is 5.49. The van der Waals surface area contributed by atoms with Gasteiger partial charge in [-0.1, -0.05) is 6.92 Å². The molecule has 2 aromatic heterocycles. The topological polar surface area (TPSA) is 43.0 Å². The Morgan fingerprint density at radius 2 is 2.29 bits per heavy atom. The normalized spacial score (nSPS) is 10.9. The zero-order chi connectivity index (χ0) is 12.1. The Labute approximate surface area is 102 Å². The molecular weight excluding hydrogens is 214 g/mol. The summed E-state index contributed by atoms with van der Waals surface area (Å²) in [6.45, 7) is 6.73. The van der Waals surface area contributed by atoms with E-state index >= 15 is 0 Å². The van der Waals surface area contributed by atoms with Crippen LogP contribution in [0.1, 0.15) is 30.4 Å². The Bertz CT molecular complexity index is 459. The Balaban J connectivity index is 1.98. The molecule has 0 bridgehead atoms. The average molecular weight is 233 g/mol. The van der Waals surface area contributed by atoms with E-state index in [-0.39, 0.29) is 0 Å². The minimum absolute atomic E-state index is 0.771. The number of aryl methyl sites for hydroxylation is 1. The fraction of sp³-hybridized carbons (Fsp3) is 0.462. The summed E-state index contributed by atoms with van der Waals surface area (Å²) in [5.41, 5.74) is 2.23. The quantitative estimate of drug-likeness (QED) is 0.779. The van der Waals surface area contributed by atoms with E-state index in [4.69, 9.17) is 4.42 Å². The molecule has 2 heterocycles.